The van der Waals surface area contributed by atoms with Gasteiger partial charge < -0.3 is 20.9 Å². The van der Waals surface area contributed by atoms with Crippen LogP contribution in [0.1, 0.15) is 29.8 Å². The van der Waals surface area contributed by atoms with Gasteiger partial charge >= 0.3 is 0 Å². The minimum atomic E-state index is -0.465. The number of nitrogens with one attached hydrogen (secondary N) is 2. The van der Waals surface area contributed by atoms with Crippen LogP contribution in [0.25, 0.3) is 11.0 Å². The Morgan fingerprint density at radius 3 is 2.85 bits per heavy atom. The largest absolute Gasteiger partial charge is 0.371 e. The summed E-state index contributed by atoms with van der Waals surface area (Å²) in [5, 5.41) is 2.82. The molecule has 0 radical (unpaired) electrons. The Bertz CT molecular complexity index is 1050. The predicted molar refractivity (Wildman–Crippen MR) is 105 cm³/mol. The molecule has 0 aliphatic carbocycles. The number of benzene rings is 1. The second kappa shape index (κ2) is 5.79. The first kappa shape index (κ1) is 16.3. The molecule has 1 aromatic carbocycles. The molecule has 2 aliphatic rings. The fourth-order valence-electron chi connectivity index (χ4n) is 4.14. The molecule has 0 saturated carbocycles. The van der Waals surface area contributed by atoms with Crippen LogP contribution in [0.5, 0.6) is 0 Å². The van der Waals surface area contributed by atoms with Gasteiger partial charge in [0.05, 0.1) is 23.0 Å². The third-order valence-electron chi connectivity index (χ3n) is 5.73. The number of pyridine rings is 1. The number of rotatable bonds is 2. The average molecular weight is 362 g/mol. The van der Waals surface area contributed by atoms with E-state index in [0.717, 1.165) is 54.0 Å². The molecule has 3 aromatic rings. The first-order valence-corrected chi connectivity index (χ1v) is 9.30. The number of hydrogen-bond donors (Lipinski definition) is 3. The van der Waals surface area contributed by atoms with Crippen LogP contribution in [-0.2, 0) is 16.8 Å². The van der Waals surface area contributed by atoms with Crippen molar-refractivity contribution in [2.24, 2.45) is 5.73 Å². The number of aromatic amines is 1. The third-order valence-corrected chi connectivity index (χ3v) is 5.73. The summed E-state index contributed by atoms with van der Waals surface area (Å²) in [4.78, 5) is 26.5. The molecule has 0 spiro atoms. The van der Waals surface area contributed by atoms with Crippen LogP contribution in [0.4, 0.5) is 11.5 Å². The number of aryl methyl sites for hydroxylation is 1. The third kappa shape index (κ3) is 2.66. The summed E-state index contributed by atoms with van der Waals surface area (Å²) < 4.78 is 0. The molecule has 7 heteroatoms. The zero-order valence-corrected chi connectivity index (χ0v) is 15.2. The number of aromatic nitrogens is 3. The van der Waals surface area contributed by atoms with Gasteiger partial charge in [-0.2, -0.15) is 0 Å². The minimum Gasteiger partial charge on any atom is -0.371 e. The summed E-state index contributed by atoms with van der Waals surface area (Å²) in [6.07, 6.45) is 3.74. The number of piperidine rings is 1. The lowest BCUT2D eigenvalue weighted by Crippen LogP contribution is -2.49. The van der Waals surface area contributed by atoms with Crippen molar-refractivity contribution in [1.82, 2.24) is 15.0 Å². The summed E-state index contributed by atoms with van der Waals surface area (Å²) >= 11 is 0. The van der Waals surface area contributed by atoms with Crippen LogP contribution in [0, 0.1) is 6.92 Å². The Morgan fingerprint density at radius 1 is 1.22 bits per heavy atom. The van der Waals surface area contributed by atoms with Gasteiger partial charge in [-0.1, -0.05) is 6.07 Å². The molecule has 27 heavy (non-hydrogen) atoms. The highest BCUT2D eigenvalue weighted by Crippen LogP contribution is 2.36. The van der Waals surface area contributed by atoms with E-state index in [0.29, 0.717) is 12.2 Å². The SMILES string of the molecule is Cc1ccc2nc(C3(N)CCN(c4ccnc5c4CC(=O)N5)CC3)[nH]c2c1. The lowest BCUT2D eigenvalue weighted by atomic mass is 9.87. The monoisotopic (exact) mass is 362 g/mol. The van der Waals surface area contributed by atoms with Gasteiger partial charge in [-0.05, 0) is 43.5 Å². The van der Waals surface area contributed by atoms with E-state index in [1.807, 2.05) is 12.1 Å². The maximum atomic E-state index is 11.7. The second-order valence-electron chi connectivity index (χ2n) is 7.63. The first-order chi connectivity index (χ1) is 13.0. The molecule has 1 fully saturated rings. The number of anilines is 2. The van der Waals surface area contributed by atoms with E-state index >= 15 is 0 Å². The average Bonchev–Trinajstić information content (AvgIpc) is 3.24. The molecule has 1 saturated heterocycles. The normalized spacial score (nSPS) is 18.6. The van der Waals surface area contributed by atoms with E-state index in [1.165, 1.54) is 5.56 Å². The molecule has 2 aromatic heterocycles. The number of nitrogens with two attached hydrogens (primary N) is 1. The van der Waals surface area contributed by atoms with Crippen molar-refractivity contribution in [3.8, 4) is 0 Å². The fraction of sp³-hybridized carbons (Fsp3) is 0.350. The van der Waals surface area contributed by atoms with Crippen LogP contribution in [0.2, 0.25) is 0 Å². The number of fused-ring (bicyclic) bond motifs is 2. The summed E-state index contributed by atoms with van der Waals surface area (Å²) in [6, 6.07) is 8.20. The van der Waals surface area contributed by atoms with Crippen LogP contribution >= 0.6 is 0 Å². The Labute approximate surface area is 157 Å². The van der Waals surface area contributed by atoms with Crippen molar-refractivity contribution >= 4 is 28.4 Å². The Balaban J connectivity index is 1.39. The molecule has 2 aliphatic heterocycles. The molecular weight excluding hydrogens is 340 g/mol. The van der Waals surface area contributed by atoms with Crippen molar-refractivity contribution in [3.05, 3.63) is 47.4 Å². The Kier molecular flexibility index (Phi) is 3.48. The summed E-state index contributed by atoms with van der Waals surface area (Å²) in [7, 11) is 0. The fourth-order valence-corrected chi connectivity index (χ4v) is 4.14. The van der Waals surface area contributed by atoms with Crippen molar-refractivity contribution in [3.63, 3.8) is 0 Å². The summed E-state index contributed by atoms with van der Waals surface area (Å²) in [5.74, 6) is 1.56. The van der Waals surface area contributed by atoms with Crippen LogP contribution < -0.4 is 16.0 Å². The number of amides is 1. The van der Waals surface area contributed by atoms with Gasteiger partial charge in [0.25, 0.3) is 0 Å². The molecule has 4 N–H and O–H groups in total. The van der Waals surface area contributed by atoms with Gasteiger partial charge in [-0.25, -0.2) is 9.97 Å². The van der Waals surface area contributed by atoms with E-state index in [-0.39, 0.29) is 5.91 Å². The number of carbonyl (C=O) groups excluding carboxylic acids is 1. The molecule has 0 bridgehead atoms. The van der Waals surface area contributed by atoms with Gasteiger partial charge in [-0.3, -0.25) is 4.79 Å². The summed E-state index contributed by atoms with van der Waals surface area (Å²) in [6.45, 7) is 3.71. The predicted octanol–water partition coefficient (Wildman–Crippen LogP) is 2.22. The quantitative estimate of drug-likeness (QED) is 0.649. The van der Waals surface area contributed by atoms with E-state index in [9.17, 15) is 4.79 Å². The van der Waals surface area contributed by atoms with E-state index in [1.54, 1.807) is 6.20 Å². The smallest absolute Gasteiger partial charge is 0.230 e. The highest BCUT2D eigenvalue weighted by Gasteiger charge is 2.36. The van der Waals surface area contributed by atoms with Crippen molar-refractivity contribution in [2.45, 2.75) is 31.7 Å². The molecule has 0 atom stereocenters. The van der Waals surface area contributed by atoms with Gasteiger partial charge in [0.2, 0.25) is 5.91 Å². The summed E-state index contributed by atoms with van der Waals surface area (Å²) in [5.41, 5.74) is 11.6. The van der Waals surface area contributed by atoms with Crippen molar-refractivity contribution in [1.29, 1.82) is 0 Å². The number of H-pyrrole nitrogens is 1. The molecule has 7 nitrogen and oxygen atoms in total. The number of imidazole rings is 1. The highest BCUT2D eigenvalue weighted by atomic mass is 16.1. The van der Waals surface area contributed by atoms with Gasteiger partial charge in [0, 0.05) is 30.5 Å². The molecule has 1 amide bonds. The Morgan fingerprint density at radius 2 is 2.04 bits per heavy atom. The van der Waals surface area contributed by atoms with Gasteiger partial charge in [0.15, 0.2) is 0 Å². The van der Waals surface area contributed by atoms with Crippen LogP contribution in [0.15, 0.2) is 30.5 Å². The topological polar surface area (TPSA) is 99.9 Å². The molecule has 5 rings (SSSR count). The van der Waals surface area contributed by atoms with Crippen molar-refractivity contribution < 1.29 is 4.79 Å². The maximum absolute atomic E-state index is 11.7. The van der Waals surface area contributed by atoms with Crippen LogP contribution in [0.3, 0.4) is 0 Å². The van der Waals surface area contributed by atoms with E-state index in [4.69, 9.17) is 10.7 Å². The zero-order valence-electron chi connectivity index (χ0n) is 15.2. The highest BCUT2D eigenvalue weighted by molar-refractivity contribution is 6.00. The minimum absolute atomic E-state index is 0.00713. The first-order valence-electron chi connectivity index (χ1n) is 9.30. The standard InChI is InChI=1S/C20H22N6O/c1-12-2-3-14-15(10-12)24-19(23-14)20(21)5-8-26(9-6-20)16-4-7-22-18-13(16)11-17(27)25-18/h2-4,7,10H,5-6,8-9,11,21H2,1H3,(H,23,24)(H,22,25,27). The molecule has 0 unspecified atom stereocenters. The van der Waals surface area contributed by atoms with E-state index in [2.05, 4.69) is 39.2 Å². The zero-order chi connectivity index (χ0) is 18.6. The number of hydrogen-bond acceptors (Lipinski definition) is 5. The lowest BCUT2D eigenvalue weighted by Gasteiger charge is -2.39. The van der Waals surface area contributed by atoms with Crippen LogP contribution in [-0.4, -0.2) is 33.9 Å². The second-order valence-corrected chi connectivity index (χ2v) is 7.63. The maximum Gasteiger partial charge on any atom is 0.230 e. The number of carbonyl (C=O) groups is 1. The molecule has 4 heterocycles. The molecule has 138 valence electrons. The van der Waals surface area contributed by atoms with Gasteiger partial charge in [0.1, 0.15) is 11.6 Å². The van der Waals surface area contributed by atoms with E-state index < -0.39 is 5.54 Å². The lowest BCUT2D eigenvalue weighted by molar-refractivity contribution is -0.115. The number of nitrogens with zero attached hydrogens (tertiary/aromatic N) is 3. The van der Waals surface area contributed by atoms with Gasteiger partial charge in [-0.15, -0.1) is 0 Å². The molecular formula is C20H22N6O. The Hall–Kier alpha value is -2.93. The van der Waals surface area contributed by atoms with Crippen molar-refractivity contribution in [2.75, 3.05) is 23.3 Å².